The molecule has 0 bridgehead atoms. The van der Waals surface area contributed by atoms with E-state index < -0.39 is 11.9 Å². The summed E-state index contributed by atoms with van der Waals surface area (Å²) in [6, 6.07) is 11.4. The minimum absolute atomic E-state index is 0.236. The smallest absolute Gasteiger partial charge is 0.338 e. The third kappa shape index (κ3) is 4.21. The Bertz CT molecular complexity index is 654. The van der Waals surface area contributed by atoms with Crippen LogP contribution < -0.4 is 5.32 Å². The Morgan fingerprint density at radius 3 is 2.62 bits per heavy atom. The van der Waals surface area contributed by atoms with Gasteiger partial charge in [0.15, 0.2) is 6.61 Å². The molecule has 1 heterocycles. The highest BCUT2D eigenvalue weighted by Gasteiger charge is 2.10. The summed E-state index contributed by atoms with van der Waals surface area (Å²) < 4.78 is 9.92. The predicted octanol–water partition coefficient (Wildman–Crippen LogP) is 1.62. The number of hydrogen-bond acceptors (Lipinski definition) is 5. The van der Waals surface area contributed by atoms with Crippen molar-refractivity contribution in [2.24, 2.45) is 0 Å². The number of carbonyl (C=O) groups is 2. The lowest BCUT2D eigenvalue weighted by Crippen LogP contribution is -2.28. The third-order valence-corrected chi connectivity index (χ3v) is 2.62. The Morgan fingerprint density at radius 1 is 1.24 bits per heavy atom. The molecule has 2 aromatic rings. The first-order valence-corrected chi connectivity index (χ1v) is 6.15. The van der Waals surface area contributed by atoms with Crippen molar-refractivity contribution in [3.8, 4) is 6.07 Å². The van der Waals surface area contributed by atoms with Gasteiger partial charge in [0, 0.05) is 0 Å². The van der Waals surface area contributed by atoms with Crippen LogP contribution in [0.5, 0.6) is 0 Å². The summed E-state index contributed by atoms with van der Waals surface area (Å²) in [6.07, 6.45) is 1.51. The molecule has 0 saturated carbocycles. The summed E-state index contributed by atoms with van der Waals surface area (Å²) in [7, 11) is 0. The molecule has 1 aromatic carbocycles. The summed E-state index contributed by atoms with van der Waals surface area (Å²) in [5.41, 5.74) is 0.732. The van der Waals surface area contributed by atoms with Crippen LogP contribution in [0.25, 0.3) is 0 Å². The van der Waals surface area contributed by atoms with E-state index >= 15 is 0 Å². The minimum atomic E-state index is -0.618. The summed E-state index contributed by atoms with van der Waals surface area (Å²) in [5, 5.41) is 11.2. The Labute approximate surface area is 120 Å². The molecule has 1 N–H and O–H groups in total. The van der Waals surface area contributed by atoms with Crippen LogP contribution in [0.2, 0.25) is 0 Å². The fraction of sp³-hybridized carbons (Fsp3) is 0.133. The second-order valence-electron chi connectivity index (χ2n) is 4.12. The molecule has 6 heteroatoms. The number of esters is 1. The van der Waals surface area contributed by atoms with Crippen molar-refractivity contribution in [3.05, 3.63) is 59.5 Å². The zero-order valence-corrected chi connectivity index (χ0v) is 11.0. The first-order valence-electron chi connectivity index (χ1n) is 6.15. The zero-order valence-electron chi connectivity index (χ0n) is 11.0. The van der Waals surface area contributed by atoms with Gasteiger partial charge in [0.05, 0.1) is 30.0 Å². The molecule has 2 rings (SSSR count). The van der Waals surface area contributed by atoms with Crippen molar-refractivity contribution in [1.82, 2.24) is 5.32 Å². The van der Waals surface area contributed by atoms with Crippen LogP contribution in [0.4, 0.5) is 0 Å². The molecule has 21 heavy (non-hydrogen) atoms. The van der Waals surface area contributed by atoms with E-state index in [1.54, 1.807) is 12.1 Å². The molecule has 1 amide bonds. The lowest BCUT2D eigenvalue weighted by atomic mass is 10.1. The highest BCUT2D eigenvalue weighted by molar-refractivity contribution is 5.91. The minimum Gasteiger partial charge on any atom is -0.467 e. The fourth-order valence-electron chi connectivity index (χ4n) is 1.55. The summed E-state index contributed by atoms with van der Waals surface area (Å²) >= 11 is 0. The monoisotopic (exact) mass is 284 g/mol. The Hall–Kier alpha value is -3.07. The second kappa shape index (κ2) is 6.91. The number of amides is 1. The number of nitrogens with one attached hydrogen (secondary N) is 1. The average Bonchev–Trinajstić information content (AvgIpc) is 3.04. The number of nitriles is 1. The quantitative estimate of drug-likeness (QED) is 0.842. The Balaban J connectivity index is 1.77. The van der Waals surface area contributed by atoms with Crippen molar-refractivity contribution >= 4 is 11.9 Å². The van der Waals surface area contributed by atoms with Crippen molar-refractivity contribution in [2.45, 2.75) is 6.54 Å². The van der Waals surface area contributed by atoms with Crippen LogP contribution in [0.15, 0.2) is 47.1 Å². The normalized spacial score (nSPS) is 9.67. The van der Waals surface area contributed by atoms with Crippen LogP contribution in [0.3, 0.4) is 0 Å². The van der Waals surface area contributed by atoms with Crippen molar-refractivity contribution in [2.75, 3.05) is 6.61 Å². The number of benzene rings is 1. The Kier molecular flexibility index (Phi) is 4.72. The maximum absolute atomic E-state index is 11.7. The molecular formula is C15H12N2O4. The van der Waals surface area contributed by atoms with E-state index in [2.05, 4.69) is 5.32 Å². The van der Waals surface area contributed by atoms with Crippen molar-refractivity contribution in [3.63, 3.8) is 0 Å². The van der Waals surface area contributed by atoms with E-state index in [1.807, 2.05) is 6.07 Å². The second-order valence-corrected chi connectivity index (χ2v) is 4.12. The zero-order chi connectivity index (χ0) is 15.1. The van der Waals surface area contributed by atoms with Gasteiger partial charge in [-0.15, -0.1) is 0 Å². The molecule has 0 aliphatic rings. The molecule has 6 nitrogen and oxygen atoms in total. The molecule has 0 fully saturated rings. The first-order chi connectivity index (χ1) is 10.2. The first kappa shape index (κ1) is 14.3. The van der Waals surface area contributed by atoms with Gasteiger partial charge in [-0.2, -0.15) is 5.26 Å². The highest BCUT2D eigenvalue weighted by atomic mass is 16.5. The molecule has 0 aliphatic heterocycles. The van der Waals surface area contributed by atoms with E-state index in [0.717, 1.165) is 0 Å². The summed E-state index contributed by atoms with van der Waals surface area (Å²) in [6.45, 7) is -0.139. The molecule has 0 atom stereocenters. The molecule has 0 radical (unpaired) electrons. The highest BCUT2D eigenvalue weighted by Crippen LogP contribution is 2.05. The van der Waals surface area contributed by atoms with Gasteiger partial charge in [-0.3, -0.25) is 4.79 Å². The number of rotatable bonds is 5. The largest absolute Gasteiger partial charge is 0.467 e. The van der Waals surface area contributed by atoms with Gasteiger partial charge < -0.3 is 14.5 Å². The maximum atomic E-state index is 11.7. The topological polar surface area (TPSA) is 92.3 Å². The van der Waals surface area contributed by atoms with Gasteiger partial charge in [0.1, 0.15) is 5.76 Å². The van der Waals surface area contributed by atoms with Gasteiger partial charge in [-0.1, -0.05) is 0 Å². The van der Waals surface area contributed by atoms with Crippen LogP contribution in [0.1, 0.15) is 21.7 Å². The number of furan rings is 1. The lowest BCUT2D eigenvalue weighted by molar-refractivity contribution is -0.124. The van der Waals surface area contributed by atoms with Gasteiger partial charge >= 0.3 is 5.97 Å². The fourth-order valence-corrected chi connectivity index (χ4v) is 1.55. The van der Waals surface area contributed by atoms with Crippen LogP contribution in [-0.2, 0) is 16.1 Å². The van der Waals surface area contributed by atoms with E-state index in [-0.39, 0.29) is 18.7 Å². The van der Waals surface area contributed by atoms with E-state index in [1.165, 1.54) is 30.5 Å². The predicted molar refractivity (Wildman–Crippen MR) is 72.0 cm³/mol. The standard InChI is InChI=1S/C15H12N2O4/c16-8-11-3-5-12(6-4-11)15(19)21-10-14(18)17-9-13-2-1-7-20-13/h1-7H,9-10H2,(H,17,18). The van der Waals surface area contributed by atoms with Crippen LogP contribution in [-0.4, -0.2) is 18.5 Å². The van der Waals surface area contributed by atoms with E-state index in [0.29, 0.717) is 11.3 Å². The number of hydrogen-bond donors (Lipinski definition) is 1. The van der Waals surface area contributed by atoms with Crippen molar-refractivity contribution in [1.29, 1.82) is 5.26 Å². The number of ether oxygens (including phenoxy) is 1. The van der Waals surface area contributed by atoms with Gasteiger partial charge in [-0.25, -0.2) is 4.79 Å². The lowest BCUT2D eigenvalue weighted by Gasteiger charge is -2.05. The molecule has 106 valence electrons. The molecular weight excluding hydrogens is 272 g/mol. The summed E-state index contributed by atoms with van der Waals surface area (Å²) in [4.78, 5) is 23.2. The molecule has 0 unspecified atom stereocenters. The van der Waals surface area contributed by atoms with Gasteiger partial charge in [0.2, 0.25) is 0 Å². The number of nitrogens with zero attached hydrogens (tertiary/aromatic N) is 1. The SMILES string of the molecule is N#Cc1ccc(C(=O)OCC(=O)NCc2ccco2)cc1. The maximum Gasteiger partial charge on any atom is 0.338 e. The summed E-state index contributed by atoms with van der Waals surface area (Å²) in [5.74, 6) is -0.428. The molecule has 0 spiro atoms. The third-order valence-electron chi connectivity index (χ3n) is 2.62. The average molecular weight is 284 g/mol. The van der Waals surface area contributed by atoms with Gasteiger partial charge in [-0.05, 0) is 36.4 Å². The molecule has 0 aliphatic carbocycles. The van der Waals surface area contributed by atoms with E-state index in [9.17, 15) is 9.59 Å². The van der Waals surface area contributed by atoms with Crippen LogP contribution in [0, 0.1) is 11.3 Å². The number of carbonyl (C=O) groups excluding carboxylic acids is 2. The molecule has 0 saturated heterocycles. The molecule has 1 aromatic heterocycles. The van der Waals surface area contributed by atoms with Gasteiger partial charge in [0.25, 0.3) is 5.91 Å². The van der Waals surface area contributed by atoms with E-state index in [4.69, 9.17) is 14.4 Å². The Morgan fingerprint density at radius 2 is 2.00 bits per heavy atom. The van der Waals surface area contributed by atoms with Crippen molar-refractivity contribution < 1.29 is 18.7 Å². The van der Waals surface area contributed by atoms with Crippen LogP contribution >= 0.6 is 0 Å².